The molecule has 0 aliphatic heterocycles. The fraction of sp³-hybridized carbons (Fsp3) is 0.400. The molecule has 7 nitrogen and oxygen atoms in total. The molecule has 106 valence electrons. The first-order valence-electron chi connectivity index (χ1n) is 5.21. The predicted molar refractivity (Wildman–Crippen MR) is 69.4 cm³/mol. The van der Waals surface area contributed by atoms with E-state index in [0.717, 1.165) is 0 Å². The smallest absolute Gasteiger partial charge is 0.314 e. The second-order valence-corrected chi connectivity index (χ2v) is 6.43. The largest absolute Gasteiger partial charge is 0.496 e. The van der Waals surface area contributed by atoms with E-state index in [1.807, 2.05) is 0 Å². The van der Waals surface area contributed by atoms with Crippen LogP contribution in [0, 0.1) is 10.1 Å². The Morgan fingerprint density at radius 2 is 2.11 bits per heavy atom. The zero-order valence-electron chi connectivity index (χ0n) is 10.0. The van der Waals surface area contributed by atoms with E-state index in [4.69, 9.17) is 20.2 Å². The van der Waals surface area contributed by atoms with Crippen molar-refractivity contribution in [3.8, 4) is 11.5 Å². The number of methoxy groups -OCH3 is 1. The fourth-order valence-electron chi connectivity index (χ4n) is 1.30. The third-order valence-electron chi connectivity index (χ3n) is 2.15. The van der Waals surface area contributed by atoms with Crippen molar-refractivity contribution in [1.29, 1.82) is 0 Å². The number of nitro benzene ring substituents is 1. The summed E-state index contributed by atoms with van der Waals surface area (Å²) < 4.78 is 31.4. The van der Waals surface area contributed by atoms with Gasteiger partial charge >= 0.3 is 5.69 Å². The highest BCUT2D eigenvalue weighted by Crippen LogP contribution is 2.31. The zero-order chi connectivity index (χ0) is 14.5. The molecule has 1 rings (SSSR count). The van der Waals surface area contributed by atoms with Gasteiger partial charge < -0.3 is 9.47 Å². The molecule has 0 aliphatic carbocycles. The molecule has 0 saturated carbocycles. The van der Waals surface area contributed by atoms with Crippen molar-refractivity contribution in [1.82, 2.24) is 0 Å². The lowest BCUT2D eigenvalue weighted by atomic mass is 10.3. The topological polar surface area (TPSA) is 95.7 Å². The molecule has 0 saturated heterocycles. The summed E-state index contributed by atoms with van der Waals surface area (Å²) in [6, 6.07) is 4.14. The monoisotopic (exact) mass is 309 g/mol. The summed E-state index contributed by atoms with van der Waals surface area (Å²) in [5.41, 5.74) is -0.243. The van der Waals surface area contributed by atoms with Crippen LogP contribution in [0.1, 0.15) is 6.42 Å². The van der Waals surface area contributed by atoms with Gasteiger partial charge in [0, 0.05) is 10.7 Å². The molecule has 1 aromatic carbocycles. The molecule has 1 aromatic rings. The third-order valence-corrected chi connectivity index (χ3v) is 3.39. The van der Waals surface area contributed by atoms with Crippen molar-refractivity contribution in [3.05, 3.63) is 28.3 Å². The summed E-state index contributed by atoms with van der Waals surface area (Å²) in [6.45, 7) is 0.0130. The molecule has 0 spiro atoms. The Morgan fingerprint density at radius 3 is 2.63 bits per heavy atom. The van der Waals surface area contributed by atoms with Crippen LogP contribution in [0.3, 0.4) is 0 Å². The van der Waals surface area contributed by atoms with Crippen molar-refractivity contribution in [2.24, 2.45) is 0 Å². The number of rotatable bonds is 7. The molecule has 9 heteroatoms. The number of halogens is 1. The number of benzene rings is 1. The molecule has 0 atom stereocenters. The molecular weight excluding hydrogens is 298 g/mol. The van der Waals surface area contributed by atoms with Crippen LogP contribution in [0.15, 0.2) is 18.2 Å². The van der Waals surface area contributed by atoms with Gasteiger partial charge in [-0.1, -0.05) is 0 Å². The lowest BCUT2D eigenvalue weighted by molar-refractivity contribution is -0.385. The average molecular weight is 310 g/mol. The van der Waals surface area contributed by atoms with Crippen molar-refractivity contribution in [2.75, 3.05) is 19.5 Å². The van der Waals surface area contributed by atoms with Crippen LogP contribution >= 0.6 is 10.7 Å². The zero-order valence-corrected chi connectivity index (χ0v) is 11.6. The molecule has 0 bridgehead atoms. The van der Waals surface area contributed by atoms with E-state index in [2.05, 4.69) is 0 Å². The van der Waals surface area contributed by atoms with E-state index < -0.39 is 14.0 Å². The van der Waals surface area contributed by atoms with Crippen molar-refractivity contribution in [2.45, 2.75) is 6.42 Å². The number of nitrogens with zero attached hydrogens (tertiary/aromatic N) is 1. The van der Waals surface area contributed by atoms with Gasteiger partial charge in [0.2, 0.25) is 9.05 Å². The summed E-state index contributed by atoms with van der Waals surface area (Å²) in [5, 5.41) is 10.8. The Balaban J connectivity index is 2.70. The molecule has 0 aliphatic rings. The Morgan fingerprint density at radius 1 is 1.42 bits per heavy atom. The molecule has 0 N–H and O–H groups in total. The lowest BCUT2D eigenvalue weighted by Gasteiger charge is -2.07. The Kier molecular flexibility index (Phi) is 5.37. The SMILES string of the molecule is COc1ccc(OCCCS(=O)(=O)Cl)c([N+](=O)[O-])c1. The van der Waals surface area contributed by atoms with E-state index in [-0.39, 0.29) is 30.2 Å². The molecule has 0 unspecified atom stereocenters. The van der Waals surface area contributed by atoms with Crippen LogP contribution in [-0.2, 0) is 9.05 Å². The maximum absolute atomic E-state index is 10.8. The molecule has 19 heavy (non-hydrogen) atoms. The summed E-state index contributed by atoms with van der Waals surface area (Å²) in [6.07, 6.45) is 0.148. The minimum Gasteiger partial charge on any atom is -0.496 e. The molecule has 0 heterocycles. The predicted octanol–water partition coefficient (Wildman–Crippen LogP) is 1.94. The molecule has 0 radical (unpaired) electrons. The van der Waals surface area contributed by atoms with Crippen LogP contribution in [-0.4, -0.2) is 32.8 Å². The van der Waals surface area contributed by atoms with Crippen LogP contribution in [0.2, 0.25) is 0 Å². The first-order chi connectivity index (χ1) is 8.83. The van der Waals surface area contributed by atoms with Gasteiger partial charge in [-0.3, -0.25) is 10.1 Å². The van der Waals surface area contributed by atoms with E-state index in [9.17, 15) is 18.5 Å². The van der Waals surface area contributed by atoms with E-state index >= 15 is 0 Å². The van der Waals surface area contributed by atoms with Crippen molar-refractivity contribution in [3.63, 3.8) is 0 Å². The van der Waals surface area contributed by atoms with Crippen LogP contribution < -0.4 is 9.47 Å². The summed E-state index contributed by atoms with van der Waals surface area (Å²) >= 11 is 0. The van der Waals surface area contributed by atoms with Gasteiger partial charge in [-0.2, -0.15) is 0 Å². The highest BCUT2D eigenvalue weighted by molar-refractivity contribution is 8.13. The van der Waals surface area contributed by atoms with Crippen molar-refractivity contribution < 1.29 is 22.8 Å². The second kappa shape index (κ2) is 6.58. The average Bonchev–Trinajstić information content (AvgIpc) is 2.33. The van der Waals surface area contributed by atoms with E-state index in [0.29, 0.717) is 5.75 Å². The van der Waals surface area contributed by atoms with Crippen LogP contribution in [0.5, 0.6) is 11.5 Å². The number of hydrogen-bond acceptors (Lipinski definition) is 6. The van der Waals surface area contributed by atoms with Gasteiger partial charge in [-0.25, -0.2) is 8.42 Å². The highest BCUT2D eigenvalue weighted by atomic mass is 35.7. The third kappa shape index (κ3) is 5.31. The van der Waals surface area contributed by atoms with Gasteiger partial charge in [-0.05, 0) is 18.6 Å². The normalized spacial score (nSPS) is 11.1. The summed E-state index contributed by atoms with van der Waals surface area (Å²) in [4.78, 5) is 10.2. The van der Waals surface area contributed by atoms with Gasteiger partial charge in [0.1, 0.15) is 5.75 Å². The van der Waals surface area contributed by atoms with Gasteiger partial charge in [0.05, 0.1) is 30.5 Å². The first-order valence-corrected chi connectivity index (χ1v) is 7.69. The summed E-state index contributed by atoms with van der Waals surface area (Å²) in [5.74, 6) is 0.138. The molecule has 0 amide bonds. The fourth-order valence-corrected chi connectivity index (χ4v) is 2.09. The maximum Gasteiger partial charge on any atom is 0.314 e. The van der Waals surface area contributed by atoms with Crippen LogP contribution in [0.25, 0.3) is 0 Å². The Labute approximate surface area is 114 Å². The maximum atomic E-state index is 10.8. The highest BCUT2D eigenvalue weighted by Gasteiger charge is 2.16. The minimum absolute atomic E-state index is 0.0130. The Bertz CT molecular complexity index is 559. The number of hydrogen-bond donors (Lipinski definition) is 0. The quantitative estimate of drug-likeness (QED) is 0.330. The Hall–Kier alpha value is -1.54. The van der Waals surface area contributed by atoms with Crippen molar-refractivity contribution >= 4 is 25.4 Å². The summed E-state index contributed by atoms with van der Waals surface area (Å²) in [7, 11) is 2.84. The van der Waals surface area contributed by atoms with E-state index in [1.165, 1.54) is 25.3 Å². The molecule has 0 fully saturated rings. The minimum atomic E-state index is -3.58. The number of ether oxygens (including phenoxy) is 2. The molecule has 0 aromatic heterocycles. The lowest BCUT2D eigenvalue weighted by Crippen LogP contribution is -2.06. The standard InChI is InChI=1S/C10H12ClNO6S/c1-17-8-3-4-10(9(7-8)12(13)14)18-5-2-6-19(11,15)16/h3-4,7H,2,5-6H2,1H3. The second-order valence-electron chi connectivity index (χ2n) is 3.54. The first kappa shape index (κ1) is 15.5. The number of nitro groups is 1. The van der Waals surface area contributed by atoms with Gasteiger partial charge in [0.25, 0.3) is 0 Å². The van der Waals surface area contributed by atoms with E-state index in [1.54, 1.807) is 0 Å². The van der Waals surface area contributed by atoms with Gasteiger partial charge in [-0.15, -0.1) is 0 Å². The molecular formula is C10H12ClNO6S. The van der Waals surface area contributed by atoms with Crippen LogP contribution in [0.4, 0.5) is 5.69 Å². The van der Waals surface area contributed by atoms with Gasteiger partial charge in [0.15, 0.2) is 5.75 Å².